The van der Waals surface area contributed by atoms with Gasteiger partial charge in [-0.15, -0.1) is 0 Å². The molecular formula is C16H19N3O2. The molecule has 0 saturated carbocycles. The summed E-state index contributed by atoms with van der Waals surface area (Å²) in [6.07, 6.45) is 1.57. The number of aromatic amines is 1. The molecule has 0 bridgehead atoms. The van der Waals surface area contributed by atoms with Crippen molar-refractivity contribution < 1.29 is 0 Å². The quantitative estimate of drug-likeness (QED) is 0.934. The molecule has 1 saturated heterocycles. The molecule has 1 fully saturated rings. The molecule has 21 heavy (non-hydrogen) atoms. The van der Waals surface area contributed by atoms with Crippen LogP contribution in [0.5, 0.6) is 0 Å². The van der Waals surface area contributed by atoms with E-state index in [0.29, 0.717) is 5.92 Å². The summed E-state index contributed by atoms with van der Waals surface area (Å²) >= 11 is 0. The summed E-state index contributed by atoms with van der Waals surface area (Å²) < 4.78 is 1.60. The number of nitrogens with one attached hydrogen (secondary N) is 1. The van der Waals surface area contributed by atoms with E-state index in [1.54, 1.807) is 10.8 Å². The molecule has 0 radical (unpaired) electrons. The number of hydrogen-bond acceptors (Lipinski definition) is 3. The Hall–Kier alpha value is -2.30. The number of rotatable bonds is 3. The first-order chi connectivity index (χ1) is 10.0. The second-order valence-electron chi connectivity index (χ2n) is 5.82. The van der Waals surface area contributed by atoms with Crippen molar-refractivity contribution in [2.24, 2.45) is 0 Å². The van der Waals surface area contributed by atoms with Gasteiger partial charge < -0.3 is 4.90 Å². The zero-order valence-corrected chi connectivity index (χ0v) is 12.2. The molecule has 0 amide bonds. The number of hydrogen-bond donors (Lipinski definition) is 1. The first kappa shape index (κ1) is 13.7. The van der Waals surface area contributed by atoms with E-state index in [1.165, 1.54) is 17.3 Å². The number of aromatic nitrogens is 2. The van der Waals surface area contributed by atoms with Crippen LogP contribution in [0.2, 0.25) is 0 Å². The Labute approximate surface area is 122 Å². The molecular weight excluding hydrogens is 266 g/mol. The lowest BCUT2D eigenvalue weighted by Crippen LogP contribution is -2.51. The van der Waals surface area contributed by atoms with E-state index >= 15 is 0 Å². The van der Waals surface area contributed by atoms with Gasteiger partial charge in [0, 0.05) is 31.0 Å². The maximum Gasteiger partial charge on any atom is 0.328 e. The molecule has 3 rings (SSSR count). The molecule has 110 valence electrons. The van der Waals surface area contributed by atoms with Crippen LogP contribution in [0, 0.1) is 0 Å². The van der Waals surface area contributed by atoms with Crippen molar-refractivity contribution in [3.8, 4) is 0 Å². The smallest absolute Gasteiger partial charge is 0.328 e. The number of anilines is 1. The van der Waals surface area contributed by atoms with E-state index in [0.717, 1.165) is 13.1 Å². The van der Waals surface area contributed by atoms with E-state index in [1.807, 2.05) is 0 Å². The van der Waals surface area contributed by atoms with Crippen LogP contribution in [-0.4, -0.2) is 22.6 Å². The Kier molecular flexibility index (Phi) is 3.41. The van der Waals surface area contributed by atoms with Gasteiger partial charge >= 0.3 is 5.69 Å². The van der Waals surface area contributed by atoms with E-state index in [-0.39, 0.29) is 17.3 Å². The van der Waals surface area contributed by atoms with Gasteiger partial charge in [-0.2, -0.15) is 0 Å². The topological polar surface area (TPSA) is 58.1 Å². The Morgan fingerprint density at radius 3 is 2.33 bits per heavy atom. The van der Waals surface area contributed by atoms with Gasteiger partial charge in [-0.1, -0.05) is 26.0 Å². The first-order valence-corrected chi connectivity index (χ1v) is 7.21. The third kappa shape index (κ3) is 2.63. The van der Waals surface area contributed by atoms with Crippen molar-refractivity contribution in [2.45, 2.75) is 25.8 Å². The summed E-state index contributed by atoms with van der Waals surface area (Å²) in [5, 5.41) is 0. The van der Waals surface area contributed by atoms with E-state index in [2.05, 4.69) is 48.0 Å². The highest BCUT2D eigenvalue weighted by Gasteiger charge is 2.28. The Morgan fingerprint density at radius 1 is 1.10 bits per heavy atom. The van der Waals surface area contributed by atoms with Crippen LogP contribution < -0.4 is 16.1 Å². The van der Waals surface area contributed by atoms with Crippen LogP contribution in [0.1, 0.15) is 31.4 Å². The van der Waals surface area contributed by atoms with Gasteiger partial charge in [-0.05, 0) is 23.6 Å². The van der Waals surface area contributed by atoms with Crippen LogP contribution in [0.25, 0.3) is 0 Å². The maximum atomic E-state index is 11.7. The molecule has 0 spiro atoms. The fourth-order valence-corrected chi connectivity index (χ4v) is 2.63. The van der Waals surface area contributed by atoms with E-state index in [9.17, 15) is 9.59 Å². The van der Waals surface area contributed by atoms with Crippen LogP contribution in [-0.2, 0) is 0 Å². The lowest BCUT2D eigenvalue weighted by molar-refractivity contribution is 0.384. The highest BCUT2D eigenvalue weighted by Crippen LogP contribution is 2.28. The SMILES string of the molecule is CC(C)c1ccc(N2CC(n3ccc(=O)[nH]c3=O)C2)cc1. The normalized spacial score (nSPS) is 15.3. The van der Waals surface area contributed by atoms with Crippen LogP contribution >= 0.6 is 0 Å². The van der Waals surface area contributed by atoms with Gasteiger partial charge in [0.15, 0.2) is 0 Å². The molecule has 0 atom stereocenters. The highest BCUT2D eigenvalue weighted by molar-refractivity contribution is 5.50. The van der Waals surface area contributed by atoms with Crippen molar-refractivity contribution in [2.75, 3.05) is 18.0 Å². The molecule has 2 aromatic rings. The standard InChI is InChI=1S/C16H19N3O2/c1-11(2)12-3-5-13(6-4-12)18-9-14(10-18)19-8-7-15(20)17-16(19)21/h3-8,11,14H,9-10H2,1-2H3,(H,17,20,21). The molecule has 2 heterocycles. The van der Waals surface area contributed by atoms with E-state index in [4.69, 9.17) is 0 Å². The Balaban J connectivity index is 1.70. The predicted octanol–water partition coefficient (Wildman–Crippen LogP) is 1.72. The van der Waals surface area contributed by atoms with Crippen molar-refractivity contribution in [1.82, 2.24) is 9.55 Å². The summed E-state index contributed by atoms with van der Waals surface area (Å²) in [7, 11) is 0. The number of benzene rings is 1. The van der Waals surface area contributed by atoms with Crippen LogP contribution in [0.15, 0.2) is 46.1 Å². The van der Waals surface area contributed by atoms with Gasteiger partial charge in [0.2, 0.25) is 0 Å². The molecule has 1 N–H and O–H groups in total. The molecule has 5 heteroatoms. The maximum absolute atomic E-state index is 11.7. The Morgan fingerprint density at radius 2 is 1.76 bits per heavy atom. The van der Waals surface area contributed by atoms with Gasteiger partial charge in [-0.25, -0.2) is 4.79 Å². The molecule has 1 aromatic carbocycles. The summed E-state index contributed by atoms with van der Waals surface area (Å²) in [6.45, 7) is 5.93. The minimum atomic E-state index is -0.350. The molecule has 0 unspecified atom stereocenters. The van der Waals surface area contributed by atoms with Crippen molar-refractivity contribution in [3.05, 3.63) is 62.9 Å². The highest BCUT2D eigenvalue weighted by atomic mass is 16.2. The zero-order valence-electron chi connectivity index (χ0n) is 12.2. The minimum Gasteiger partial charge on any atom is -0.367 e. The second-order valence-corrected chi connectivity index (χ2v) is 5.82. The lowest BCUT2D eigenvalue weighted by Gasteiger charge is -2.41. The fraction of sp³-hybridized carbons (Fsp3) is 0.375. The predicted molar refractivity (Wildman–Crippen MR) is 83.1 cm³/mol. The third-order valence-corrected chi connectivity index (χ3v) is 4.03. The molecule has 1 aromatic heterocycles. The van der Waals surface area contributed by atoms with Gasteiger partial charge in [0.1, 0.15) is 0 Å². The summed E-state index contributed by atoms with van der Waals surface area (Å²) in [4.78, 5) is 27.3. The first-order valence-electron chi connectivity index (χ1n) is 7.21. The van der Waals surface area contributed by atoms with Gasteiger partial charge in [0.25, 0.3) is 5.56 Å². The summed E-state index contributed by atoms with van der Waals surface area (Å²) in [5.74, 6) is 0.530. The molecule has 0 aliphatic carbocycles. The van der Waals surface area contributed by atoms with Gasteiger partial charge in [-0.3, -0.25) is 14.3 Å². The third-order valence-electron chi connectivity index (χ3n) is 4.03. The monoisotopic (exact) mass is 285 g/mol. The molecule has 1 aliphatic heterocycles. The number of H-pyrrole nitrogens is 1. The fourth-order valence-electron chi connectivity index (χ4n) is 2.63. The lowest BCUT2D eigenvalue weighted by atomic mass is 10.0. The molecule has 5 nitrogen and oxygen atoms in total. The average Bonchev–Trinajstić information content (AvgIpc) is 2.40. The zero-order chi connectivity index (χ0) is 15.0. The van der Waals surface area contributed by atoms with Crippen LogP contribution in [0.4, 0.5) is 5.69 Å². The van der Waals surface area contributed by atoms with Crippen molar-refractivity contribution >= 4 is 5.69 Å². The summed E-state index contributed by atoms with van der Waals surface area (Å²) in [5.41, 5.74) is 1.82. The minimum absolute atomic E-state index is 0.124. The number of nitrogens with zero attached hydrogens (tertiary/aromatic N) is 2. The second kappa shape index (κ2) is 5.24. The average molecular weight is 285 g/mol. The summed E-state index contributed by atoms with van der Waals surface area (Å²) in [6, 6.07) is 10.1. The van der Waals surface area contributed by atoms with Crippen LogP contribution in [0.3, 0.4) is 0 Å². The molecule has 1 aliphatic rings. The van der Waals surface area contributed by atoms with Crippen molar-refractivity contribution in [1.29, 1.82) is 0 Å². The van der Waals surface area contributed by atoms with E-state index < -0.39 is 0 Å². The van der Waals surface area contributed by atoms with Crippen molar-refractivity contribution in [3.63, 3.8) is 0 Å². The van der Waals surface area contributed by atoms with Gasteiger partial charge in [0.05, 0.1) is 6.04 Å². The largest absolute Gasteiger partial charge is 0.367 e. The Bertz CT molecular complexity index is 737.